The second-order valence-electron chi connectivity index (χ2n) is 5.84. The molecule has 4 nitrogen and oxygen atoms in total. The van der Waals surface area contributed by atoms with Gasteiger partial charge in [0.2, 0.25) is 0 Å². The van der Waals surface area contributed by atoms with Gasteiger partial charge in [0.1, 0.15) is 0 Å². The number of carbonyl (C=O) groups is 1. The van der Waals surface area contributed by atoms with Crippen molar-refractivity contribution in [3.8, 4) is 0 Å². The zero-order valence-electron chi connectivity index (χ0n) is 11.4. The summed E-state index contributed by atoms with van der Waals surface area (Å²) in [4.78, 5) is 11.2. The summed E-state index contributed by atoms with van der Waals surface area (Å²) in [6.07, 6.45) is 6.27. The monoisotopic (exact) mass is 262 g/mol. The summed E-state index contributed by atoms with van der Waals surface area (Å²) in [5.74, 6) is -0.941. The van der Waals surface area contributed by atoms with Crippen LogP contribution in [0.4, 0.5) is 11.4 Å². The Morgan fingerprint density at radius 1 is 1.37 bits per heavy atom. The molecule has 4 N–H and O–H groups in total. The van der Waals surface area contributed by atoms with Gasteiger partial charge in [-0.05, 0) is 36.5 Å². The summed E-state index contributed by atoms with van der Waals surface area (Å²) in [5.41, 5.74) is 7.30. The Labute approximate surface area is 114 Å². The Morgan fingerprint density at radius 3 is 2.68 bits per heavy atom. The molecule has 1 fully saturated rings. The van der Waals surface area contributed by atoms with E-state index in [4.69, 9.17) is 5.73 Å². The van der Waals surface area contributed by atoms with E-state index in [2.05, 4.69) is 12.2 Å². The first-order valence-corrected chi connectivity index (χ1v) is 6.87. The fraction of sp³-hybridized carbons (Fsp3) is 0.533. The van der Waals surface area contributed by atoms with Crippen LogP contribution in [0.15, 0.2) is 18.2 Å². The number of nitrogen functional groups attached to an aromatic ring is 1. The maximum absolute atomic E-state index is 11.2. The van der Waals surface area contributed by atoms with Gasteiger partial charge >= 0.3 is 5.97 Å². The molecule has 0 radical (unpaired) electrons. The second kappa shape index (κ2) is 5.51. The number of hydrogen-bond acceptors (Lipinski definition) is 3. The quantitative estimate of drug-likeness (QED) is 0.727. The van der Waals surface area contributed by atoms with E-state index < -0.39 is 5.97 Å². The minimum atomic E-state index is -0.941. The number of carboxylic acids is 1. The van der Waals surface area contributed by atoms with E-state index in [0.29, 0.717) is 11.4 Å². The van der Waals surface area contributed by atoms with Crippen LogP contribution >= 0.6 is 0 Å². The van der Waals surface area contributed by atoms with Crippen molar-refractivity contribution in [1.82, 2.24) is 0 Å². The van der Waals surface area contributed by atoms with Crippen molar-refractivity contribution in [3.05, 3.63) is 23.8 Å². The summed E-state index contributed by atoms with van der Waals surface area (Å²) in [7, 11) is 0. The zero-order valence-corrected chi connectivity index (χ0v) is 11.4. The molecule has 0 saturated heterocycles. The molecule has 0 spiro atoms. The number of hydrogen-bond donors (Lipinski definition) is 3. The van der Waals surface area contributed by atoms with Gasteiger partial charge < -0.3 is 16.2 Å². The van der Waals surface area contributed by atoms with Crippen LogP contribution in [-0.2, 0) is 0 Å². The Hall–Kier alpha value is -1.71. The van der Waals surface area contributed by atoms with E-state index >= 15 is 0 Å². The molecule has 0 bridgehead atoms. The Morgan fingerprint density at radius 2 is 2.05 bits per heavy atom. The topological polar surface area (TPSA) is 75.3 Å². The fourth-order valence-corrected chi connectivity index (χ4v) is 2.78. The van der Waals surface area contributed by atoms with Crippen molar-refractivity contribution in [2.75, 3.05) is 17.6 Å². The van der Waals surface area contributed by atoms with Crippen LogP contribution in [0.5, 0.6) is 0 Å². The van der Waals surface area contributed by atoms with Crippen molar-refractivity contribution < 1.29 is 9.90 Å². The van der Waals surface area contributed by atoms with Gasteiger partial charge in [-0.15, -0.1) is 0 Å². The van der Waals surface area contributed by atoms with Gasteiger partial charge in [0.25, 0.3) is 0 Å². The van der Waals surface area contributed by atoms with Crippen LogP contribution in [0, 0.1) is 5.41 Å². The molecule has 1 saturated carbocycles. The molecule has 0 atom stereocenters. The first-order chi connectivity index (χ1) is 9.00. The van der Waals surface area contributed by atoms with Crippen LogP contribution in [0.1, 0.15) is 49.4 Å². The van der Waals surface area contributed by atoms with Crippen LogP contribution in [0.3, 0.4) is 0 Å². The predicted octanol–water partition coefficient (Wildman–Crippen LogP) is 3.35. The molecular formula is C15H22N2O2. The van der Waals surface area contributed by atoms with Gasteiger partial charge in [-0.3, -0.25) is 0 Å². The van der Waals surface area contributed by atoms with Crippen molar-refractivity contribution in [1.29, 1.82) is 0 Å². The maximum atomic E-state index is 11.2. The highest BCUT2D eigenvalue weighted by molar-refractivity contribution is 5.95. The lowest BCUT2D eigenvalue weighted by molar-refractivity contribution is 0.0698. The molecule has 4 heteroatoms. The highest BCUT2D eigenvalue weighted by Gasteiger charge is 2.26. The summed E-state index contributed by atoms with van der Waals surface area (Å²) < 4.78 is 0. The smallest absolute Gasteiger partial charge is 0.337 e. The van der Waals surface area contributed by atoms with Crippen LogP contribution in [-0.4, -0.2) is 17.6 Å². The van der Waals surface area contributed by atoms with Crippen molar-refractivity contribution in [2.24, 2.45) is 5.41 Å². The summed E-state index contributed by atoms with van der Waals surface area (Å²) in [5, 5.41) is 12.5. The number of anilines is 2. The average Bonchev–Trinajstić information content (AvgIpc) is 2.38. The van der Waals surface area contributed by atoms with Gasteiger partial charge in [-0.1, -0.05) is 26.2 Å². The van der Waals surface area contributed by atoms with Gasteiger partial charge in [0, 0.05) is 17.9 Å². The average molecular weight is 262 g/mol. The van der Waals surface area contributed by atoms with E-state index in [1.54, 1.807) is 12.1 Å². The molecule has 1 aromatic rings. The van der Waals surface area contributed by atoms with E-state index in [0.717, 1.165) is 6.54 Å². The lowest BCUT2D eigenvalue weighted by Gasteiger charge is -2.34. The molecule has 0 aromatic heterocycles. The van der Waals surface area contributed by atoms with Crippen molar-refractivity contribution in [3.63, 3.8) is 0 Å². The third-order valence-electron chi connectivity index (χ3n) is 4.04. The number of rotatable bonds is 4. The molecular weight excluding hydrogens is 240 g/mol. The first kappa shape index (κ1) is 13.7. The Balaban J connectivity index is 2.08. The summed E-state index contributed by atoms with van der Waals surface area (Å²) in [6, 6.07) is 5.00. The van der Waals surface area contributed by atoms with Gasteiger partial charge in [0.05, 0.1) is 5.56 Å². The van der Waals surface area contributed by atoms with E-state index in [1.165, 1.54) is 38.2 Å². The fourth-order valence-electron chi connectivity index (χ4n) is 2.78. The standard InChI is InChI=1S/C15H22N2O2/c1-15(7-3-2-4-8-15)10-17-13-6-5-11(16)9-12(13)14(18)19/h5-6,9,17H,2-4,7-8,10,16H2,1H3,(H,18,19). The van der Waals surface area contributed by atoms with E-state index in [-0.39, 0.29) is 11.0 Å². The normalized spacial score (nSPS) is 17.9. The van der Waals surface area contributed by atoms with Crippen molar-refractivity contribution in [2.45, 2.75) is 39.0 Å². The SMILES string of the molecule is CC1(CNc2ccc(N)cc2C(=O)O)CCCCC1. The summed E-state index contributed by atoms with van der Waals surface area (Å²) >= 11 is 0. The third kappa shape index (κ3) is 3.40. The molecule has 104 valence electrons. The van der Waals surface area contributed by atoms with Crippen LogP contribution in [0.2, 0.25) is 0 Å². The molecule has 0 amide bonds. The largest absolute Gasteiger partial charge is 0.478 e. The minimum absolute atomic E-state index is 0.249. The number of benzene rings is 1. The zero-order chi connectivity index (χ0) is 13.9. The Bertz CT molecular complexity index is 465. The molecule has 2 rings (SSSR count). The number of aromatic carboxylic acids is 1. The number of nitrogens with one attached hydrogen (secondary N) is 1. The minimum Gasteiger partial charge on any atom is -0.478 e. The number of carboxylic acid groups (broad SMARTS) is 1. The van der Waals surface area contributed by atoms with Crippen LogP contribution < -0.4 is 11.1 Å². The molecule has 0 unspecified atom stereocenters. The van der Waals surface area contributed by atoms with E-state index in [9.17, 15) is 9.90 Å². The highest BCUT2D eigenvalue weighted by Crippen LogP contribution is 2.36. The molecule has 0 heterocycles. The van der Waals surface area contributed by atoms with Gasteiger partial charge in [0.15, 0.2) is 0 Å². The summed E-state index contributed by atoms with van der Waals surface area (Å²) in [6.45, 7) is 3.09. The number of nitrogens with two attached hydrogens (primary N) is 1. The lowest BCUT2D eigenvalue weighted by atomic mass is 9.75. The molecule has 1 aromatic carbocycles. The Kier molecular flexibility index (Phi) is 3.98. The van der Waals surface area contributed by atoms with Crippen LogP contribution in [0.25, 0.3) is 0 Å². The molecule has 1 aliphatic carbocycles. The van der Waals surface area contributed by atoms with Gasteiger partial charge in [-0.2, -0.15) is 0 Å². The lowest BCUT2D eigenvalue weighted by Crippen LogP contribution is -2.29. The second-order valence-corrected chi connectivity index (χ2v) is 5.84. The third-order valence-corrected chi connectivity index (χ3v) is 4.04. The van der Waals surface area contributed by atoms with Gasteiger partial charge in [-0.25, -0.2) is 4.79 Å². The highest BCUT2D eigenvalue weighted by atomic mass is 16.4. The molecule has 0 aliphatic heterocycles. The van der Waals surface area contributed by atoms with E-state index in [1.807, 2.05) is 0 Å². The van der Waals surface area contributed by atoms with Crippen molar-refractivity contribution >= 4 is 17.3 Å². The predicted molar refractivity (Wildman–Crippen MR) is 77.5 cm³/mol. The first-order valence-electron chi connectivity index (χ1n) is 6.87. The molecule has 19 heavy (non-hydrogen) atoms. The maximum Gasteiger partial charge on any atom is 0.337 e. The molecule has 1 aliphatic rings.